The lowest BCUT2D eigenvalue weighted by Crippen LogP contribution is -2.19. The highest BCUT2D eigenvalue weighted by Gasteiger charge is 1.82. The SMILES string of the molecule is CNC#CCNC(C)=O. The fraction of sp³-hybridized carbons (Fsp3) is 0.500. The first-order chi connectivity index (χ1) is 4.27. The molecule has 0 spiro atoms. The zero-order valence-corrected chi connectivity index (χ0v) is 5.62. The van der Waals surface area contributed by atoms with Crippen molar-refractivity contribution in [1.29, 1.82) is 0 Å². The molecule has 0 unspecified atom stereocenters. The fourth-order valence-corrected chi connectivity index (χ4v) is 0.301. The number of nitrogens with one attached hydrogen (secondary N) is 2. The Morgan fingerprint density at radius 2 is 2.33 bits per heavy atom. The van der Waals surface area contributed by atoms with E-state index in [9.17, 15) is 4.79 Å². The maximum atomic E-state index is 10.2. The van der Waals surface area contributed by atoms with Crippen molar-refractivity contribution in [3.8, 4) is 12.0 Å². The molecule has 50 valence electrons. The Bertz CT molecular complexity index is 143. The smallest absolute Gasteiger partial charge is 0.217 e. The molecule has 0 atom stereocenters. The third-order valence-electron chi connectivity index (χ3n) is 0.639. The van der Waals surface area contributed by atoms with Gasteiger partial charge in [-0.3, -0.25) is 4.79 Å². The van der Waals surface area contributed by atoms with Crippen LogP contribution in [0.5, 0.6) is 0 Å². The molecule has 2 N–H and O–H groups in total. The Morgan fingerprint density at radius 3 is 2.78 bits per heavy atom. The van der Waals surface area contributed by atoms with E-state index in [0.29, 0.717) is 6.54 Å². The quantitative estimate of drug-likeness (QED) is 0.360. The maximum Gasteiger partial charge on any atom is 0.217 e. The molecule has 0 saturated heterocycles. The van der Waals surface area contributed by atoms with E-state index in [1.165, 1.54) is 6.92 Å². The fourth-order valence-electron chi connectivity index (χ4n) is 0.301. The van der Waals surface area contributed by atoms with Crippen molar-refractivity contribution in [1.82, 2.24) is 10.6 Å². The van der Waals surface area contributed by atoms with Crippen LogP contribution in [0.4, 0.5) is 0 Å². The van der Waals surface area contributed by atoms with Gasteiger partial charge in [0.25, 0.3) is 0 Å². The molecule has 0 aliphatic rings. The molecule has 0 aliphatic carbocycles. The van der Waals surface area contributed by atoms with Gasteiger partial charge in [0.15, 0.2) is 0 Å². The van der Waals surface area contributed by atoms with Crippen LogP contribution in [0.3, 0.4) is 0 Å². The summed E-state index contributed by atoms with van der Waals surface area (Å²) in [6.07, 6.45) is 0. The minimum Gasteiger partial charge on any atom is -0.349 e. The second kappa shape index (κ2) is 4.98. The first-order valence-corrected chi connectivity index (χ1v) is 2.66. The molecule has 3 nitrogen and oxygen atoms in total. The Kier molecular flexibility index (Phi) is 4.33. The predicted molar refractivity (Wildman–Crippen MR) is 35.5 cm³/mol. The van der Waals surface area contributed by atoms with E-state index in [0.717, 1.165) is 0 Å². The number of carbonyl (C=O) groups excluding carboxylic acids is 1. The van der Waals surface area contributed by atoms with Gasteiger partial charge in [-0.1, -0.05) is 5.92 Å². The molecule has 0 heterocycles. The molecule has 0 aromatic carbocycles. The summed E-state index contributed by atoms with van der Waals surface area (Å²) < 4.78 is 0. The molecule has 0 rings (SSSR count). The third kappa shape index (κ3) is 6.83. The van der Waals surface area contributed by atoms with Crippen molar-refractivity contribution in [2.24, 2.45) is 0 Å². The zero-order valence-electron chi connectivity index (χ0n) is 5.62. The average Bonchev–Trinajstić information content (AvgIpc) is 1.80. The van der Waals surface area contributed by atoms with Gasteiger partial charge < -0.3 is 10.6 Å². The third-order valence-corrected chi connectivity index (χ3v) is 0.639. The van der Waals surface area contributed by atoms with Crippen LogP contribution in [0, 0.1) is 12.0 Å². The highest BCUT2D eigenvalue weighted by molar-refractivity contribution is 5.73. The lowest BCUT2D eigenvalue weighted by molar-refractivity contribution is -0.118. The number of hydrogen-bond donors (Lipinski definition) is 2. The Balaban J connectivity index is 3.19. The van der Waals surface area contributed by atoms with E-state index in [1.54, 1.807) is 7.05 Å². The highest BCUT2D eigenvalue weighted by atomic mass is 16.1. The molecule has 0 aromatic rings. The Morgan fingerprint density at radius 1 is 1.67 bits per heavy atom. The molecule has 0 saturated carbocycles. The summed E-state index contributed by atoms with van der Waals surface area (Å²) in [6, 6.07) is 2.59. The molecule has 3 heteroatoms. The maximum absolute atomic E-state index is 10.2. The molecule has 0 bridgehead atoms. The summed E-state index contributed by atoms with van der Waals surface area (Å²) in [7, 11) is 1.72. The van der Waals surface area contributed by atoms with E-state index in [4.69, 9.17) is 0 Å². The molecule has 0 aromatic heterocycles. The number of rotatable bonds is 1. The van der Waals surface area contributed by atoms with Crippen molar-refractivity contribution in [3.63, 3.8) is 0 Å². The van der Waals surface area contributed by atoms with Gasteiger partial charge >= 0.3 is 0 Å². The van der Waals surface area contributed by atoms with Gasteiger partial charge in [-0.25, -0.2) is 0 Å². The van der Waals surface area contributed by atoms with Crippen molar-refractivity contribution in [2.45, 2.75) is 6.92 Å². The monoisotopic (exact) mass is 126 g/mol. The molecule has 0 aliphatic heterocycles. The molecule has 0 radical (unpaired) electrons. The summed E-state index contributed by atoms with van der Waals surface area (Å²) >= 11 is 0. The molecule has 0 fully saturated rings. The largest absolute Gasteiger partial charge is 0.349 e. The van der Waals surface area contributed by atoms with Crippen LogP contribution in [0.1, 0.15) is 6.92 Å². The first-order valence-electron chi connectivity index (χ1n) is 2.66. The van der Waals surface area contributed by atoms with Gasteiger partial charge in [0.1, 0.15) is 0 Å². The lowest BCUT2D eigenvalue weighted by Gasteiger charge is -1.89. The summed E-state index contributed by atoms with van der Waals surface area (Å²) in [5.74, 6) is 2.62. The summed E-state index contributed by atoms with van der Waals surface area (Å²) in [6.45, 7) is 1.87. The second-order valence-corrected chi connectivity index (χ2v) is 1.46. The minimum atomic E-state index is -0.0552. The first kappa shape index (κ1) is 7.83. The summed E-state index contributed by atoms with van der Waals surface area (Å²) in [5, 5.41) is 5.16. The standard InChI is InChI=1S/C6H10N2O/c1-6(9)8-5-3-4-7-2/h7H,5H2,1-2H3,(H,8,9). The second-order valence-electron chi connectivity index (χ2n) is 1.46. The number of hydrogen-bond acceptors (Lipinski definition) is 2. The van der Waals surface area contributed by atoms with Gasteiger partial charge in [-0.05, 0) is 0 Å². The van der Waals surface area contributed by atoms with Crippen LogP contribution in [0.15, 0.2) is 0 Å². The lowest BCUT2D eigenvalue weighted by atomic mass is 10.6. The molecule has 1 amide bonds. The number of carbonyl (C=O) groups is 1. The van der Waals surface area contributed by atoms with Crippen molar-refractivity contribution in [3.05, 3.63) is 0 Å². The molecular formula is C6H10N2O. The van der Waals surface area contributed by atoms with Crippen molar-refractivity contribution in [2.75, 3.05) is 13.6 Å². The van der Waals surface area contributed by atoms with E-state index >= 15 is 0 Å². The summed E-state index contributed by atoms with van der Waals surface area (Å²) in [4.78, 5) is 10.2. The van der Waals surface area contributed by atoms with Crippen molar-refractivity contribution >= 4 is 5.91 Å². The van der Waals surface area contributed by atoms with E-state index in [1.807, 2.05) is 0 Å². The zero-order chi connectivity index (χ0) is 7.11. The van der Waals surface area contributed by atoms with E-state index < -0.39 is 0 Å². The predicted octanol–water partition coefficient (Wildman–Crippen LogP) is -0.697. The topological polar surface area (TPSA) is 41.1 Å². The van der Waals surface area contributed by atoms with Gasteiger partial charge in [0, 0.05) is 20.0 Å². The number of amides is 1. The Labute approximate surface area is 54.8 Å². The Hall–Kier alpha value is -1.17. The van der Waals surface area contributed by atoms with Crippen LogP contribution in [-0.4, -0.2) is 19.5 Å². The van der Waals surface area contributed by atoms with Gasteiger partial charge in [0.05, 0.1) is 6.54 Å². The molecular weight excluding hydrogens is 116 g/mol. The van der Waals surface area contributed by atoms with Crippen molar-refractivity contribution < 1.29 is 4.79 Å². The average molecular weight is 126 g/mol. The van der Waals surface area contributed by atoms with Crippen LogP contribution in [0.2, 0.25) is 0 Å². The van der Waals surface area contributed by atoms with Crippen LogP contribution < -0.4 is 10.6 Å². The van der Waals surface area contributed by atoms with Crippen LogP contribution >= 0.6 is 0 Å². The summed E-state index contributed by atoms with van der Waals surface area (Å²) in [5.41, 5.74) is 0. The van der Waals surface area contributed by atoms with Gasteiger partial charge in [-0.2, -0.15) is 0 Å². The van der Waals surface area contributed by atoms with E-state index in [-0.39, 0.29) is 5.91 Å². The van der Waals surface area contributed by atoms with Gasteiger partial charge in [0.2, 0.25) is 5.91 Å². The highest BCUT2D eigenvalue weighted by Crippen LogP contribution is 1.56. The molecule has 9 heavy (non-hydrogen) atoms. The van der Waals surface area contributed by atoms with E-state index in [2.05, 4.69) is 22.6 Å². The van der Waals surface area contributed by atoms with Crippen LogP contribution in [-0.2, 0) is 4.79 Å². The van der Waals surface area contributed by atoms with Crippen LogP contribution in [0.25, 0.3) is 0 Å². The minimum absolute atomic E-state index is 0.0552. The normalized spacial score (nSPS) is 6.89. The van der Waals surface area contributed by atoms with Gasteiger partial charge in [-0.15, -0.1) is 0 Å².